The van der Waals surface area contributed by atoms with E-state index in [9.17, 15) is 0 Å². The molecule has 0 unspecified atom stereocenters. The Morgan fingerprint density at radius 1 is 1.21 bits per heavy atom. The minimum atomic E-state index is 0. The zero-order chi connectivity index (χ0) is 16.5. The van der Waals surface area contributed by atoms with Crippen LogP contribution in [0.2, 0.25) is 0 Å². The Balaban J connectivity index is 0.00000288. The number of hydrogen-bond donors (Lipinski definition) is 2. The van der Waals surface area contributed by atoms with Gasteiger partial charge in [-0.15, -0.1) is 24.0 Å². The first-order valence-corrected chi connectivity index (χ1v) is 8.30. The lowest BCUT2D eigenvalue weighted by Gasteiger charge is -2.12. The fourth-order valence-corrected chi connectivity index (χ4v) is 2.17. The summed E-state index contributed by atoms with van der Waals surface area (Å²) < 4.78 is 1.85. The molecule has 0 amide bonds. The van der Waals surface area contributed by atoms with E-state index in [1.54, 1.807) is 6.20 Å². The molecule has 0 fully saturated rings. The van der Waals surface area contributed by atoms with Crippen LogP contribution in [0.4, 0.5) is 0 Å². The number of nitrogens with one attached hydrogen (secondary N) is 2. The van der Waals surface area contributed by atoms with Gasteiger partial charge in [0.15, 0.2) is 5.96 Å². The largest absolute Gasteiger partial charge is 0.357 e. The van der Waals surface area contributed by atoms with Gasteiger partial charge < -0.3 is 10.6 Å². The molecule has 0 saturated carbocycles. The highest BCUT2D eigenvalue weighted by atomic mass is 127. The number of rotatable bonds is 7. The van der Waals surface area contributed by atoms with Crippen LogP contribution in [0.15, 0.2) is 47.7 Å². The van der Waals surface area contributed by atoms with Crippen molar-refractivity contribution in [3.8, 4) is 5.69 Å². The fourth-order valence-electron chi connectivity index (χ4n) is 2.17. The van der Waals surface area contributed by atoms with Crippen molar-refractivity contribution in [3.63, 3.8) is 0 Å². The molecule has 0 atom stereocenters. The van der Waals surface area contributed by atoms with Crippen LogP contribution in [0.5, 0.6) is 0 Å². The Labute approximate surface area is 162 Å². The number of benzene rings is 1. The van der Waals surface area contributed by atoms with Crippen molar-refractivity contribution < 1.29 is 0 Å². The number of guanidine groups is 1. The summed E-state index contributed by atoms with van der Waals surface area (Å²) in [5.74, 6) is 1.57. The monoisotopic (exact) mass is 441 g/mol. The molecular weight excluding hydrogens is 413 g/mol. The quantitative estimate of drug-likeness (QED) is 0.392. The molecule has 1 aromatic carbocycles. The summed E-state index contributed by atoms with van der Waals surface area (Å²) in [6.45, 7) is 9.02. The highest BCUT2D eigenvalue weighted by Gasteiger charge is 2.00. The number of aromatic nitrogens is 2. The zero-order valence-corrected chi connectivity index (χ0v) is 17.0. The third-order valence-electron chi connectivity index (χ3n) is 3.48. The Morgan fingerprint density at radius 2 is 1.96 bits per heavy atom. The molecular formula is C18H28IN5. The van der Waals surface area contributed by atoms with Crippen molar-refractivity contribution in [3.05, 3.63) is 48.3 Å². The first kappa shape index (κ1) is 20.5. The lowest BCUT2D eigenvalue weighted by Crippen LogP contribution is -2.38. The molecule has 2 N–H and O–H groups in total. The average molecular weight is 441 g/mol. The van der Waals surface area contributed by atoms with Gasteiger partial charge in [-0.2, -0.15) is 5.10 Å². The van der Waals surface area contributed by atoms with Gasteiger partial charge in [0.05, 0.1) is 12.2 Å². The van der Waals surface area contributed by atoms with E-state index >= 15 is 0 Å². The van der Waals surface area contributed by atoms with Crippen LogP contribution in [0.1, 0.15) is 32.8 Å². The maximum absolute atomic E-state index is 4.64. The second kappa shape index (κ2) is 11.1. The van der Waals surface area contributed by atoms with Gasteiger partial charge in [0.1, 0.15) is 0 Å². The first-order chi connectivity index (χ1) is 11.2. The smallest absolute Gasteiger partial charge is 0.191 e. The molecule has 1 aromatic heterocycles. The number of hydrogen-bond acceptors (Lipinski definition) is 2. The average Bonchev–Trinajstić information content (AvgIpc) is 3.07. The third kappa shape index (κ3) is 6.90. The summed E-state index contributed by atoms with van der Waals surface area (Å²) in [5, 5.41) is 10.9. The van der Waals surface area contributed by atoms with Crippen molar-refractivity contribution in [2.45, 2.75) is 33.7 Å². The second-order valence-corrected chi connectivity index (χ2v) is 5.92. The normalized spacial score (nSPS) is 11.2. The molecule has 24 heavy (non-hydrogen) atoms. The predicted molar refractivity (Wildman–Crippen MR) is 111 cm³/mol. The molecule has 2 aromatic rings. The molecule has 6 heteroatoms. The van der Waals surface area contributed by atoms with Crippen LogP contribution in [-0.4, -0.2) is 28.8 Å². The maximum Gasteiger partial charge on any atom is 0.191 e. The SMILES string of the molecule is CCNC(=NCc1ccc(-n2cccn2)cc1)NCCC(C)C.I. The van der Waals surface area contributed by atoms with E-state index in [4.69, 9.17) is 0 Å². The molecule has 0 bridgehead atoms. The predicted octanol–water partition coefficient (Wildman–Crippen LogP) is 3.59. The van der Waals surface area contributed by atoms with E-state index in [2.05, 4.69) is 65.8 Å². The second-order valence-electron chi connectivity index (χ2n) is 5.92. The minimum Gasteiger partial charge on any atom is -0.357 e. The summed E-state index contributed by atoms with van der Waals surface area (Å²) in [4.78, 5) is 4.64. The van der Waals surface area contributed by atoms with Gasteiger partial charge in [0.2, 0.25) is 0 Å². The van der Waals surface area contributed by atoms with Gasteiger partial charge in [-0.1, -0.05) is 26.0 Å². The minimum absolute atomic E-state index is 0. The zero-order valence-electron chi connectivity index (χ0n) is 14.7. The van der Waals surface area contributed by atoms with E-state index in [-0.39, 0.29) is 24.0 Å². The summed E-state index contributed by atoms with van der Waals surface area (Å²) >= 11 is 0. The Kier molecular flexibility index (Phi) is 9.44. The highest BCUT2D eigenvalue weighted by Crippen LogP contribution is 2.09. The van der Waals surface area contributed by atoms with Gasteiger partial charge in [-0.3, -0.25) is 0 Å². The fraction of sp³-hybridized carbons (Fsp3) is 0.444. The maximum atomic E-state index is 4.64. The van der Waals surface area contributed by atoms with E-state index < -0.39 is 0 Å². The first-order valence-electron chi connectivity index (χ1n) is 8.30. The number of halogens is 1. The molecule has 0 saturated heterocycles. The topological polar surface area (TPSA) is 54.2 Å². The van der Waals surface area contributed by atoms with Gasteiger partial charge in [-0.05, 0) is 43.0 Å². The standard InChI is InChI=1S/C18H27N5.HI/c1-4-19-18(20-12-10-15(2)3)21-14-16-6-8-17(9-7-16)23-13-5-11-22-23;/h5-9,11,13,15H,4,10,12,14H2,1-3H3,(H2,19,20,21);1H. The summed E-state index contributed by atoms with van der Waals surface area (Å²) in [7, 11) is 0. The Bertz CT molecular complexity index is 590. The van der Waals surface area contributed by atoms with Crippen molar-refractivity contribution >= 4 is 29.9 Å². The van der Waals surface area contributed by atoms with Crippen molar-refractivity contribution in [1.29, 1.82) is 0 Å². The number of aliphatic imine (C=N–C) groups is 1. The molecule has 0 aliphatic heterocycles. The molecule has 0 aliphatic carbocycles. The molecule has 0 radical (unpaired) electrons. The molecule has 5 nitrogen and oxygen atoms in total. The van der Waals surface area contributed by atoms with Crippen LogP contribution < -0.4 is 10.6 Å². The Hall–Kier alpha value is -1.57. The van der Waals surface area contributed by atoms with Gasteiger partial charge in [0, 0.05) is 25.5 Å². The van der Waals surface area contributed by atoms with Crippen molar-refractivity contribution in [2.75, 3.05) is 13.1 Å². The van der Waals surface area contributed by atoms with E-state index in [0.29, 0.717) is 12.5 Å². The number of nitrogens with zero attached hydrogens (tertiary/aromatic N) is 3. The van der Waals surface area contributed by atoms with Crippen LogP contribution in [0, 0.1) is 5.92 Å². The summed E-state index contributed by atoms with van der Waals surface area (Å²) in [5.41, 5.74) is 2.24. The summed E-state index contributed by atoms with van der Waals surface area (Å²) in [6, 6.07) is 10.2. The summed E-state index contributed by atoms with van der Waals surface area (Å²) in [6.07, 6.45) is 4.86. The van der Waals surface area contributed by atoms with Crippen molar-refractivity contribution in [2.24, 2.45) is 10.9 Å². The van der Waals surface area contributed by atoms with E-state index in [1.807, 2.05) is 16.9 Å². The van der Waals surface area contributed by atoms with Gasteiger partial charge in [0.25, 0.3) is 0 Å². The Morgan fingerprint density at radius 3 is 2.54 bits per heavy atom. The molecule has 0 aliphatic rings. The molecule has 0 spiro atoms. The van der Waals surface area contributed by atoms with Gasteiger partial charge >= 0.3 is 0 Å². The van der Waals surface area contributed by atoms with Gasteiger partial charge in [-0.25, -0.2) is 9.67 Å². The lowest BCUT2D eigenvalue weighted by molar-refractivity contribution is 0.573. The van der Waals surface area contributed by atoms with E-state index in [1.165, 1.54) is 5.56 Å². The van der Waals surface area contributed by atoms with Crippen molar-refractivity contribution in [1.82, 2.24) is 20.4 Å². The van der Waals surface area contributed by atoms with Crippen LogP contribution in [-0.2, 0) is 6.54 Å². The molecule has 2 rings (SSSR count). The highest BCUT2D eigenvalue weighted by molar-refractivity contribution is 14.0. The lowest BCUT2D eigenvalue weighted by atomic mass is 10.1. The van der Waals surface area contributed by atoms with Crippen LogP contribution >= 0.6 is 24.0 Å². The molecule has 1 heterocycles. The third-order valence-corrected chi connectivity index (χ3v) is 3.48. The molecule has 132 valence electrons. The van der Waals surface area contributed by atoms with E-state index in [0.717, 1.165) is 31.2 Å². The van der Waals surface area contributed by atoms with Crippen LogP contribution in [0.3, 0.4) is 0 Å². The van der Waals surface area contributed by atoms with Crippen LogP contribution in [0.25, 0.3) is 5.69 Å².